The number of methoxy groups -OCH3 is 1. The Morgan fingerprint density at radius 2 is 2.32 bits per heavy atom. The second-order valence-electron chi connectivity index (χ2n) is 5.66. The minimum Gasteiger partial charge on any atom is -0.378 e. The van der Waals surface area contributed by atoms with E-state index in [0.717, 1.165) is 19.4 Å². The van der Waals surface area contributed by atoms with Gasteiger partial charge in [-0.15, -0.1) is 0 Å². The van der Waals surface area contributed by atoms with Crippen molar-refractivity contribution in [2.24, 2.45) is 0 Å². The molecular formula is C16H26N2O. The summed E-state index contributed by atoms with van der Waals surface area (Å²) in [6.45, 7) is 3.29. The second-order valence-corrected chi connectivity index (χ2v) is 5.66. The van der Waals surface area contributed by atoms with Gasteiger partial charge in [0.25, 0.3) is 0 Å². The van der Waals surface area contributed by atoms with Crippen LogP contribution in [0.4, 0.5) is 0 Å². The van der Waals surface area contributed by atoms with Crippen molar-refractivity contribution < 1.29 is 4.74 Å². The normalized spacial score (nSPS) is 18.8. The molecule has 1 fully saturated rings. The standard InChI is InChI=1S/C16H26N2O/c1-3-9-18-15(11-14-6-4-10-17-13-14)12-16(19-2)7-5-8-16/h4,6,10,13,15,18H,3,5,7-9,11-12H2,1-2H3. The maximum absolute atomic E-state index is 5.77. The number of rotatable bonds is 8. The highest BCUT2D eigenvalue weighted by Gasteiger charge is 2.38. The van der Waals surface area contributed by atoms with Gasteiger partial charge in [-0.3, -0.25) is 4.98 Å². The lowest BCUT2D eigenvalue weighted by Crippen LogP contribution is -2.46. The zero-order chi connectivity index (χ0) is 13.6. The summed E-state index contributed by atoms with van der Waals surface area (Å²) in [5, 5.41) is 3.67. The van der Waals surface area contributed by atoms with E-state index in [2.05, 4.69) is 23.3 Å². The predicted molar refractivity (Wildman–Crippen MR) is 78.2 cm³/mol. The summed E-state index contributed by atoms with van der Waals surface area (Å²) >= 11 is 0. The van der Waals surface area contributed by atoms with Crippen LogP contribution in [0, 0.1) is 0 Å². The molecule has 1 aliphatic rings. The Morgan fingerprint density at radius 1 is 1.47 bits per heavy atom. The highest BCUT2D eigenvalue weighted by Crippen LogP contribution is 2.39. The molecule has 106 valence electrons. The van der Waals surface area contributed by atoms with Crippen molar-refractivity contribution in [1.29, 1.82) is 0 Å². The van der Waals surface area contributed by atoms with Crippen molar-refractivity contribution in [3.63, 3.8) is 0 Å². The van der Waals surface area contributed by atoms with Gasteiger partial charge >= 0.3 is 0 Å². The maximum Gasteiger partial charge on any atom is 0.0693 e. The molecule has 3 nitrogen and oxygen atoms in total. The lowest BCUT2D eigenvalue weighted by atomic mass is 9.75. The number of pyridine rings is 1. The van der Waals surface area contributed by atoms with Crippen molar-refractivity contribution in [1.82, 2.24) is 10.3 Å². The summed E-state index contributed by atoms with van der Waals surface area (Å²) in [5.74, 6) is 0. The third-order valence-corrected chi connectivity index (χ3v) is 4.20. The minimum atomic E-state index is 0.133. The van der Waals surface area contributed by atoms with Crippen molar-refractivity contribution in [3.8, 4) is 0 Å². The molecule has 1 aromatic rings. The van der Waals surface area contributed by atoms with Crippen molar-refractivity contribution >= 4 is 0 Å². The Bertz CT molecular complexity index is 357. The van der Waals surface area contributed by atoms with E-state index in [-0.39, 0.29) is 5.60 Å². The molecule has 0 aliphatic heterocycles. The Hall–Kier alpha value is -0.930. The zero-order valence-electron chi connectivity index (χ0n) is 12.2. The van der Waals surface area contributed by atoms with Gasteiger partial charge in [-0.1, -0.05) is 13.0 Å². The number of aromatic nitrogens is 1. The van der Waals surface area contributed by atoms with E-state index in [1.807, 2.05) is 25.6 Å². The smallest absolute Gasteiger partial charge is 0.0693 e. The topological polar surface area (TPSA) is 34.2 Å². The first-order valence-electron chi connectivity index (χ1n) is 7.45. The van der Waals surface area contributed by atoms with Crippen molar-refractivity contribution in [3.05, 3.63) is 30.1 Å². The van der Waals surface area contributed by atoms with Crippen LogP contribution in [0.15, 0.2) is 24.5 Å². The Balaban J connectivity index is 1.95. The van der Waals surface area contributed by atoms with Gasteiger partial charge in [-0.05, 0) is 56.7 Å². The highest BCUT2D eigenvalue weighted by molar-refractivity contribution is 5.11. The first-order valence-corrected chi connectivity index (χ1v) is 7.45. The van der Waals surface area contributed by atoms with Gasteiger partial charge in [0.2, 0.25) is 0 Å². The summed E-state index contributed by atoms with van der Waals surface area (Å²) in [6, 6.07) is 4.67. The number of nitrogens with one attached hydrogen (secondary N) is 1. The number of hydrogen-bond donors (Lipinski definition) is 1. The van der Waals surface area contributed by atoms with Gasteiger partial charge in [-0.2, -0.15) is 0 Å². The third kappa shape index (κ3) is 4.02. The monoisotopic (exact) mass is 262 g/mol. The van der Waals surface area contributed by atoms with Crippen LogP contribution in [0.25, 0.3) is 0 Å². The number of ether oxygens (including phenoxy) is 1. The number of hydrogen-bond acceptors (Lipinski definition) is 3. The van der Waals surface area contributed by atoms with Crippen LogP contribution >= 0.6 is 0 Å². The Morgan fingerprint density at radius 3 is 2.84 bits per heavy atom. The first-order chi connectivity index (χ1) is 9.28. The molecule has 1 atom stereocenters. The van der Waals surface area contributed by atoms with Gasteiger partial charge in [0.15, 0.2) is 0 Å². The largest absolute Gasteiger partial charge is 0.378 e. The number of nitrogens with zero attached hydrogens (tertiary/aromatic N) is 1. The van der Waals surface area contributed by atoms with Crippen molar-refractivity contribution in [2.75, 3.05) is 13.7 Å². The van der Waals surface area contributed by atoms with Crippen LogP contribution in [0.1, 0.15) is 44.6 Å². The SMILES string of the molecule is CCCNC(Cc1cccnc1)CC1(OC)CCC1. The van der Waals surface area contributed by atoms with Gasteiger partial charge in [0.05, 0.1) is 5.60 Å². The Labute approximate surface area is 116 Å². The van der Waals surface area contributed by atoms with E-state index in [4.69, 9.17) is 4.74 Å². The maximum atomic E-state index is 5.77. The minimum absolute atomic E-state index is 0.133. The van der Waals surface area contributed by atoms with Crippen molar-refractivity contribution in [2.45, 2.75) is 57.1 Å². The molecule has 0 aromatic carbocycles. The molecule has 1 aliphatic carbocycles. The molecule has 0 radical (unpaired) electrons. The molecular weight excluding hydrogens is 236 g/mol. The van der Waals surface area contributed by atoms with E-state index in [0.29, 0.717) is 6.04 Å². The van der Waals surface area contributed by atoms with Crippen LogP contribution in [-0.4, -0.2) is 30.3 Å². The molecule has 3 heteroatoms. The second kappa shape index (κ2) is 7.01. The van der Waals surface area contributed by atoms with Crippen LogP contribution < -0.4 is 5.32 Å². The van der Waals surface area contributed by atoms with Gasteiger partial charge < -0.3 is 10.1 Å². The molecule has 19 heavy (non-hydrogen) atoms. The third-order valence-electron chi connectivity index (χ3n) is 4.20. The average molecular weight is 262 g/mol. The fourth-order valence-electron chi connectivity index (χ4n) is 2.88. The molecule has 1 aromatic heterocycles. The molecule has 0 bridgehead atoms. The predicted octanol–water partition coefficient (Wildman–Crippen LogP) is 2.95. The van der Waals surface area contributed by atoms with E-state index in [9.17, 15) is 0 Å². The lowest BCUT2D eigenvalue weighted by Gasteiger charge is -2.43. The summed E-state index contributed by atoms with van der Waals surface area (Å²) in [6.07, 6.45) is 10.9. The zero-order valence-corrected chi connectivity index (χ0v) is 12.2. The summed E-state index contributed by atoms with van der Waals surface area (Å²) < 4.78 is 5.77. The Kier molecular flexibility index (Phi) is 5.34. The van der Waals surface area contributed by atoms with E-state index in [1.165, 1.54) is 31.2 Å². The van der Waals surface area contributed by atoms with Crippen LogP contribution in [0.5, 0.6) is 0 Å². The molecule has 2 rings (SSSR count). The first kappa shape index (κ1) is 14.5. The van der Waals surface area contributed by atoms with E-state index < -0.39 is 0 Å². The molecule has 0 amide bonds. The van der Waals surface area contributed by atoms with E-state index >= 15 is 0 Å². The van der Waals surface area contributed by atoms with Crippen LogP contribution in [-0.2, 0) is 11.2 Å². The molecule has 0 spiro atoms. The summed E-state index contributed by atoms with van der Waals surface area (Å²) in [7, 11) is 1.86. The molecule has 1 saturated carbocycles. The molecule has 0 saturated heterocycles. The van der Waals surface area contributed by atoms with Crippen LogP contribution in [0.3, 0.4) is 0 Å². The molecule has 1 N–H and O–H groups in total. The fraction of sp³-hybridized carbons (Fsp3) is 0.688. The molecule has 1 heterocycles. The average Bonchev–Trinajstić information content (AvgIpc) is 2.41. The van der Waals surface area contributed by atoms with Crippen LogP contribution in [0.2, 0.25) is 0 Å². The van der Waals surface area contributed by atoms with Gasteiger partial charge in [-0.25, -0.2) is 0 Å². The lowest BCUT2D eigenvalue weighted by molar-refractivity contribution is -0.0834. The highest BCUT2D eigenvalue weighted by atomic mass is 16.5. The van der Waals surface area contributed by atoms with Gasteiger partial charge in [0, 0.05) is 25.5 Å². The summed E-state index contributed by atoms with van der Waals surface area (Å²) in [5.41, 5.74) is 1.44. The molecule has 1 unspecified atom stereocenters. The fourth-order valence-corrected chi connectivity index (χ4v) is 2.88. The quantitative estimate of drug-likeness (QED) is 0.782. The summed E-state index contributed by atoms with van der Waals surface area (Å²) in [4.78, 5) is 4.21. The van der Waals surface area contributed by atoms with Gasteiger partial charge in [0.1, 0.15) is 0 Å². The van der Waals surface area contributed by atoms with E-state index in [1.54, 1.807) is 0 Å².